The molecule has 0 saturated carbocycles. The van der Waals surface area contributed by atoms with Gasteiger partial charge in [-0.15, -0.1) is 58.0 Å². The minimum atomic E-state index is -0.146. The van der Waals surface area contributed by atoms with Crippen molar-refractivity contribution in [2.45, 2.75) is 201 Å². The molecule has 2 nitrogen and oxygen atoms in total. The maximum atomic E-state index is 12.1. The van der Waals surface area contributed by atoms with Crippen LogP contribution in [0.1, 0.15) is 174 Å². The minimum absolute atomic E-state index is 0.0890. The Morgan fingerprint density at radius 2 is 1.00 bits per heavy atom. The summed E-state index contributed by atoms with van der Waals surface area (Å²) in [5, 5.41) is -0.102. The third-order valence-electron chi connectivity index (χ3n) is 8.02. The highest BCUT2D eigenvalue weighted by Crippen LogP contribution is 2.26. The third kappa shape index (κ3) is 29.4. The maximum Gasteiger partial charge on any atom is 0.305 e. The first kappa shape index (κ1) is 41.9. The summed E-state index contributed by atoms with van der Waals surface area (Å²) in [6.45, 7) is 4.87. The van der Waals surface area contributed by atoms with E-state index >= 15 is 0 Å². The highest BCUT2D eigenvalue weighted by atomic mass is 35.5. The summed E-state index contributed by atoms with van der Waals surface area (Å²) >= 11 is 32.0. The normalized spacial score (nSPS) is 15.4. The molecular formula is C34H63Cl5O2. The zero-order chi connectivity index (χ0) is 30.6. The molecule has 0 aromatic carbocycles. The van der Waals surface area contributed by atoms with E-state index in [4.69, 9.17) is 62.7 Å². The Hall–Kier alpha value is 0.920. The molecule has 0 aromatic heterocycles. The number of ether oxygens (including phenoxy) is 1. The van der Waals surface area contributed by atoms with E-state index in [1.165, 1.54) is 89.9 Å². The second-order valence-corrected chi connectivity index (χ2v) is 15.0. The van der Waals surface area contributed by atoms with Crippen LogP contribution >= 0.6 is 58.0 Å². The predicted octanol–water partition coefficient (Wildman–Crippen LogP) is 13.4. The van der Waals surface area contributed by atoms with Gasteiger partial charge in [0.05, 0.1) is 6.61 Å². The number of hydrogen-bond donors (Lipinski definition) is 0. The number of alkyl halides is 5. The molecule has 0 rings (SSSR count). The lowest BCUT2D eigenvalue weighted by Crippen LogP contribution is -2.18. The SMILES string of the molecule is CCCCCCCCCCCCCCCCCCOC(=O)CCC(Cl)CCC(Cl)C(Cl)CCCC(Cl)CC(Cl)CC. The van der Waals surface area contributed by atoms with Crippen LogP contribution < -0.4 is 0 Å². The molecule has 0 fully saturated rings. The predicted molar refractivity (Wildman–Crippen MR) is 186 cm³/mol. The summed E-state index contributed by atoms with van der Waals surface area (Å²) < 4.78 is 5.41. The van der Waals surface area contributed by atoms with Gasteiger partial charge in [-0.2, -0.15) is 0 Å². The number of carbonyl (C=O) groups is 1. The Kier molecular flexibility index (Phi) is 31.6. The molecule has 5 unspecified atom stereocenters. The minimum Gasteiger partial charge on any atom is -0.466 e. The summed E-state index contributed by atoms with van der Waals surface area (Å²) in [5.41, 5.74) is 0. The zero-order valence-electron chi connectivity index (χ0n) is 26.5. The number of unbranched alkanes of at least 4 members (excludes halogenated alkanes) is 15. The summed E-state index contributed by atoms with van der Waals surface area (Å²) in [6, 6.07) is 0. The van der Waals surface area contributed by atoms with E-state index in [2.05, 4.69) is 13.8 Å². The van der Waals surface area contributed by atoms with Gasteiger partial charge in [-0.25, -0.2) is 0 Å². The van der Waals surface area contributed by atoms with E-state index < -0.39 is 0 Å². The molecule has 0 bridgehead atoms. The van der Waals surface area contributed by atoms with Crippen LogP contribution in [0.2, 0.25) is 0 Å². The fraction of sp³-hybridized carbons (Fsp3) is 0.971. The molecular weight excluding hydrogens is 618 g/mol. The molecule has 0 aliphatic carbocycles. The smallest absolute Gasteiger partial charge is 0.305 e. The molecule has 0 amide bonds. The first-order valence-electron chi connectivity index (χ1n) is 17.2. The lowest BCUT2D eigenvalue weighted by atomic mass is 10.0. The number of rotatable bonds is 31. The number of esters is 1. The van der Waals surface area contributed by atoms with Gasteiger partial charge in [0, 0.05) is 33.3 Å². The number of carbonyl (C=O) groups excluding carboxylic acids is 1. The molecule has 0 aliphatic heterocycles. The molecule has 246 valence electrons. The van der Waals surface area contributed by atoms with Crippen LogP contribution in [0.4, 0.5) is 0 Å². The van der Waals surface area contributed by atoms with Gasteiger partial charge in [0.2, 0.25) is 0 Å². The zero-order valence-corrected chi connectivity index (χ0v) is 30.3. The Morgan fingerprint density at radius 3 is 1.51 bits per heavy atom. The molecule has 0 spiro atoms. The Balaban J connectivity index is 3.54. The first-order chi connectivity index (χ1) is 19.8. The van der Waals surface area contributed by atoms with Crippen molar-refractivity contribution in [1.29, 1.82) is 0 Å². The van der Waals surface area contributed by atoms with Crippen LogP contribution in [-0.2, 0) is 9.53 Å². The number of hydrogen-bond acceptors (Lipinski definition) is 2. The van der Waals surface area contributed by atoms with Crippen molar-refractivity contribution in [3.63, 3.8) is 0 Å². The molecule has 41 heavy (non-hydrogen) atoms. The quantitative estimate of drug-likeness (QED) is 0.0414. The Bertz CT molecular complexity index is 565. The largest absolute Gasteiger partial charge is 0.466 e. The van der Waals surface area contributed by atoms with Gasteiger partial charge in [-0.05, 0) is 51.4 Å². The summed E-state index contributed by atoms with van der Waals surface area (Å²) in [6.07, 6.45) is 28.3. The summed E-state index contributed by atoms with van der Waals surface area (Å²) in [7, 11) is 0. The van der Waals surface area contributed by atoms with E-state index in [0.29, 0.717) is 19.4 Å². The fourth-order valence-corrected chi connectivity index (χ4v) is 6.57. The molecule has 0 radical (unpaired) electrons. The van der Waals surface area contributed by atoms with E-state index in [1.54, 1.807) is 0 Å². The van der Waals surface area contributed by atoms with Crippen molar-refractivity contribution in [2.24, 2.45) is 0 Å². The molecule has 0 aromatic rings. The molecule has 5 atom stereocenters. The van der Waals surface area contributed by atoms with Crippen LogP contribution in [0, 0.1) is 0 Å². The van der Waals surface area contributed by atoms with Gasteiger partial charge in [0.15, 0.2) is 0 Å². The molecule has 0 saturated heterocycles. The van der Waals surface area contributed by atoms with E-state index in [9.17, 15) is 4.79 Å². The van der Waals surface area contributed by atoms with Crippen molar-refractivity contribution in [1.82, 2.24) is 0 Å². The van der Waals surface area contributed by atoms with Crippen molar-refractivity contribution < 1.29 is 9.53 Å². The second kappa shape index (κ2) is 30.9. The van der Waals surface area contributed by atoms with E-state index in [1.807, 2.05) is 0 Å². The Labute approximate surface area is 280 Å². The van der Waals surface area contributed by atoms with Gasteiger partial charge in [-0.3, -0.25) is 4.79 Å². The molecule has 7 heteroatoms. The fourth-order valence-electron chi connectivity index (χ4n) is 5.13. The summed E-state index contributed by atoms with van der Waals surface area (Å²) in [4.78, 5) is 12.1. The van der Waals surface area contributed by atoms with Crippen LogP contribution in [0.25, 0.3) is 0 Å². The highest BCUT2D eigenvalue weighted by molar-refractivity contribution is 6.30. The third-order valence-corrected chi connectivity index (χ3v) is 10.5. The van der Waals surface area contributed by atoms with Crippen molar-refractivity contribution >= 4 is 64.0 Å². The molecule has 0 heterocycles. The van der Waals surface area contributed by atoms with Crippen molar-refractivity contribution in [2.75, 3.05) is 6.61 Å². The lowest BCUT2D eigenvalue weighted by molar-refractivity contribution is -0.143. The van der Waals surface area contributed by atoms with Gasteiger partial charge < -0.3 is 4.74 Å². The Morgan fingerprint density at radius 1 is 0.512 bits per heavy atom. The van der Waals surface area contributed by atoms with Crippen molar-refractivity contribution in [3.05, 3.63) is 0 Å². The van der Waals surface area contributed by atoms with Gasteiger partial charge in [-0.1, -0.05) is 117 Å². The average molecular weight is 681 g/mol. The molecule has 0 N–H and O–H groups in total. The van der Waals surface area contributed by atoms with Crippen LogP contribution in [0.15, 0.2) is 0 Å². The van der Waals surface area contributed by atoms with Gasteiger partial charge >= 0.3 is 5.97 Å². The monoisotopic (exact) mass is 678 g/mol. The average Bonchev–Trinajstić information content (AvgIpc) is 2.96. The first-order valence-corrected chi connectivity index (χ1v) is 19.3. The maximum absolute atomic E-state index is 12.1. The van der Waals surface area contributed by atoms with Crippen LogP contribution in [0.5, 0.6) is 0 Å². The van der Waals surface area contributed by atoms with Gasteiger partial charge in [0.25, 0.3) is 0 Å². The number of halogens is 5. The topological polar surface area (TPSA) is 26.3 Å². The highest BCUT2D eigenvalue weighted by Gasteiger charge is 2.20. The van der Waals surface area contributed by atoms with Crippen LogP contribution in [0.3, 0.4) is 0 Å². The summed E-state index contributed by atoms with van der Waals surface area (Å²) in [5.74, 6) is -0.146. The van der Waals surface area contributed by atoms with Crippen LogP contribution in [-0.4, -0.2) is 39.5 Å². The second-order valence-electron chi connectivity index (χ2n) is 12.0. The van der Waals surface area contributed by atoms with Gasteiger partial charge in [0.1, 0.15) is 0 Å². The molecule has 0 aliphatic rings. The lowest BCUT2D eigenvalue weighted by Gasteiger charge is -2.18. The van der Waals surface area contributed by atoms with E-state index in [-0.39, 0.29) is 32.9 Å². The van der Waals surface area contributed by atoms with Crippen molar-refractivity contribution in [3.8, 4) is 0 Å². The standard InChI is InChI=1S/C34H63Cl5O2/c1-3-5-6-7-8-9-10-11-12-13-14-15-16-17-18-19-27-41-34(40)26-24-30(36)23-25-33(39)32(38)22-20-21-31(37)28-29(35)4-2/h29-33H,3-28H2,1-2H3. The van der Waals surface area contributed by atoms with E-state index in [0.717, 1.165) is 57.8 Å².